The van der Waals surface area contributed by atoms with Crippen molar-refractivity contribution in [2.24, 2.45) is 5.10 Å². The van der Waals surface area contributed by atoms with Crippen LogP contribution in [0.15, 0.2) is 34.3 Å². The minimum absolute atomic E-state index is 0.208. The number of nitrogens with zero attached hydrogens (tertiary/aromatic N) is 3. The highest BCUT2D eigenvalue weighted by Crippen LogP contribution is 2.11. The molecule has 0 bridgehead atoms. The Morgan fingerprint density at radius 3 is 2.29 bits per heavy atom. The summed E-state index contributed by atoms with van der Waals surface area (Å²) in [5.41, 5.74) is 3.07. The van der Waals surface area contributed by atoms with E-state index in [1.807, 2.05) is 0 Å². The first kappa shape index (κ1) is 10.1. The van der Waals surface area contributed by atoms with Crippen molar-refractivity contribution in [3.63, 3.8) is 0 Å². The molecule has 0 saturated heterocycles. The largest absolute Gasteiger partial charge is 0.277 e. The number of benzene rings is 1. The van der Waals surface area contributed by atoms with Crippen LogP contribution >= 0.6 is 12.6 Å². The Balaban J connectivity index is 2.73. The van der Waals surface area contributed by atoms with Crippen LogP contribution in [0.2, 0.25) is 0 Å². The van der Waals surface area contributed by atoms with Crippen LogP contribution in [0.3, 0.4) is 0 Å². The second kappa shape index (κ2) is 4.90. The maximum absolute atomic E-state index is 8.39. The van der Waals surface area contributed by atoms with Crippen LogP contribution in [0, 0.1) is 22.7 Å². The van der Waals surface area contributed by atoms with Gasteiger partial charge in [0, 0.05) is 4.90 Å². The van der Waals surface area contributed by atoms with Crippen LogP contribution in [0.1, 0.15) is 0 Å². The van der Waals surface area contributed by atoms with Crippen molar-refractivity contribution in [2.75, 3.05) is 5.43 Å². The van der Waals surface area contributed by atoms with Crippen LogP contribution in [0.4, 0.5) is 5.69 Å². The smallest absolute Gasteiger partial charge is 0.237 e. The number of rotatable bonds is 2. The number of thiol groups is 1. The summed E-state index contributed by atoms with van der Waals surface area (Å²) in [6.07, 6.45) is 0. The van der Waals surface area contributed by atoms with E-state index in [9.17, 15) is 0 Å². The monoisotopic (exact) mass is 202 g/mol. The highest BCUT2D eigenvalue weighted by atomic mass is 32.1. The van der Waals surface area contributed by atoms with Crippen molar-refractivity contribution >= 4 is 24.0 Å². The zero-order valence-electron chi connectivity index (χ0n) is 7.10. The van der Waals surface area contributed by atoms with Crippen molar-refractivity contribution in [1.82, 2.24) is 0 Å². The molecule has 0 aliphatic heterocycles. The van der Waals surface area contributed by atoms with Gasteiger partial charge in [0.05, 0.1) is 5.69 Å². The summed E-state index contributed by atoms with van der Waals surface area (Å²) in [5, 5.41) is 20.4. The molecule has 1 aromatic carbocycles. The van der Waals surface area contributed by atoms with Gasteiger partial charge < -0.3 is 0 Å². The number of nitriles is 2. The average Bonchev–Trinajstić information content (AvgIpc) is 2.22. The summed E-state index contributed by atoms with van der Waals surface area (Å²) in [6.45, 7) is 0. The summed E-state index contributed by atoms with van der Waals surface area (Å²) >= 11 is 4.11. The van der Waals surface area contributed by atoms with Gasteiger partial charge in [-0.1, -0.05) is 0 Å². The van der Waals surface area contributed by atoms with Crippen molar-refractivity contribution < 1.29 is 0 Å². The molecule has 4 nitrogen and oxygen atoms in total. The molecule has 0 amide bonds. The fourth-order valence-electron chi connectivity index (χ4n) is 0.731. The minimum Gasteiger partial charge on any atom is -0.277 e. The minimum atomic E-state index is -0.208. The second-order valence-electron chi connectivity index (χ2n) is 2.34. The van der Waals surface area contributed by atoms with Crippen LogP contribution in [-0.2, 0) is 0 Å². The molecule has 0 fully saturated rings. The Morgan fingerprint density at radius 1 is 1.21 bits per heavy atom. The molecule has 1 aromatic rings. The Bertz CT molecular complexity index is 406. The number of hydrogen-bond donors (Lipinski definition) is 2. The molecule has 0 atom stereocenters. The standard InChI is InChI=1S/C9H6N4S/c10-5-8(6-11)13-12-7-1-3-9(14)4-2-7/h1-4,12,14H. The summed E-state index contributed by atoms with van der Waals surface area (Å²) in [5.74, 6) is 0. The fraction of sp³-hybridized carbons (Fsp3) is 0. The third kappa shape index (κ3) is 2.81. The van der Waals surface area contributed by atoms with Crippen LogP contribution in [0.5, 0.6) is 0 Å². The van der Waals surface area contributed by atoms with E-state index in [1.54, 1.807) is 36.4 Å². The highest BCUT2D eigenvalue weighted by Gasteiger charge is 1.93. The van der Waals surface area contributed by atoms with E-state index in [-0.39, 0.29) is 5.71 Å². The number of anilines is 1. The molecule has 5 heteroatoms. The molecular formula is C9H6N4S. The molecule has 1 rings (SSSR count). The number of nitrogens with one attached hydrogen (secondary N) is 1. The van der Waals surface area contributed by atoms with Gasteiger partial charge >= 0.3 is 0 Å². The molecule has 0 saturated carbocycles. The lowest BCUT2D eigenvalue weighted by Gasteiger charge is -1.98. The van der Waals surface area contributed by atoms with Crippen LogP contribution in [0.25, 0.3) is 0 Å². The van der Waals surface area contributed by atoms with E-state index in [0.29, 0.717) is 5.69 Å². The zero-order chi connectivity index (χ0) is 10.4. The van der Waals surface area contributed by atoms with E-state index in [0.717, 1.165) is 4.90 Å². The lowest BCUT2D eigenvalue weighted by Crippen LogP contribution is -1.95. The maximum atomic E-state index is 8.39. The lowest BCUT2D eigenvalue weighted by atomic mass is 10.3. The lowest BCUT2D eigenvalue weighted by molar-refractivity contribution is 1.32. The predicted molar refractivity (Wildman–Crippen MR) is 56.0 cm³/mol. The van der Waals surface area contributed by atoms with Crippen LogP contribution < -0.4 is 5.43 Å². The van der Waals surface area contributed by atoms with Crippen molar-refractivity contribution in [3.05, 3.63) is 24.3 Å². The number of hydrogen-bond acceptors (Lipinski definition) is 5. The van der Waals surface area contributed by atoms with Gasteiger partial charge in [-0.15, -0.1) is 12.6 Å². The Morgan fingerprint density at radius 2 is 1.79 bits per heavy atom. The molecule has 1 N–H and O–H groups in total. The SMILES string of the molecule is N#CC(C#N)=NNc1ccc(S)cc1. The average molecular weight is 202 g/mol. The maximum Gasteiger partial charge on any atom is 0.237 e. The van der Waals surface area contributed by atoms with Crippen molar-refractivity contribution in [2.45, 2.75) is 4.90 Å². The molecule has 0 aliphatic rings. The summed E-state index contributed by atoms with van der Waals surface area (Å²) in [4.78, 5) is 0.834. The topological polar surface area (TPSA) is 72.0 Å². The normalized spacial score (nSPS) is 8.21. The zero-order valence-corrected chi connectivity index (χ0v) is 7.99. The van der Waals surface area contributed by atoms with Gasteiger partial charge in [-0.3, -0.25) is 5.43 Å². The molecule has 68 valence electrons. The van der Waals surface area contributed by atoms with Gasteiger partial charge in [0.25, 0.3) is 0 Å². The first-order valence-corrected chi connectivity index (χ1v) is 4.14. The molecule has 14 heavy (non-hydrogen) atoms. The summed E-state index contributed by atoms with van der Waals surface area (Å²) in [6, 6.07) is 10.3. The molecule has 0 heterocycles. The third-order valence-electron chi connectivity index (χ3n) is 1.38. The van der Waals surface area contributed by atoms with Gasteiger partial charge in [0.1, 0.15) is 12.1 Å². The van der Waals surface area contributed by atoms with Gasteiger partial charge in [-0.05, 0) is 24.3 Å². The summed E-state index contributed by atoms with van der Waals surface area (Å²) in [7, 11) is 0. The third-order valence-corrected chi connectivity index (χ3v) is 1.67. The van der Waals surface area contributed by atoms with E-state index in [1.165, 1.54) is 0 Å². The van der Waals surface area contributed by atoms with E-state index in [4.69, 9.17) is 10.5 Å². The quantitative estimate of drug-likeness (QED) is 0.436. The first-order chi connectivity index (χ1) is 6.76. The molecule has 0 aromatic heterocycles. The van der Waals surface area contributed by atoms with Gasteiger partial charge in [-0.2, -0.15) is 15.6 Å². The predicted octanol–water partition coefficient (Wildman–Crippen LogP) is 1.79. The fourth-order valence-corrected chi connectivity index (χ4v) is 0.880. The Kier molecular flexibility index (Phi) is 3.54. The highest BCUT2D eigenvalue weighted by molar-refractivity contribution is 7.80. The van der Waals surface area contributed by atoms with Gasteiger partial charge in [0.2, 0.25) is 5.71 Å². The Hall–Kier alpha value is -1.98. The summed E-state index contributed by atoms with van der Waals surface area (Å²) < 4.78 is 0. The van der Waals surface area contributed by atoms with Gasteiger partial charge in [0.15, 0.2) is 0 Å². The molecular weight excluding hydrogens is 196 g/mol. The molecule has 0 spiro atoms. The van der Waals surface area contributed by atoms with Crippen LogP contribution in [-0.4, -0.2) is 5.71 Å². The van der Waals surface area contributed by atoms with Gasteiger partial charge in [-0.25, -0.2) is 0 Å². The second-order valence-corrected chi connectivity index (χ2v) is 2.86. The van der Waals surface area contributed by atoms with E-state index < -0.39 is 0 Å². The first-order valence-electron chi connectivity index (χ1n) is 3.69. The van der Waals surface area contributed by atoms with Crippen molar-refractivity contribution in [1.29, 1.82) is 10.5 Å². The molecule has 0 unspecified atom stereocenters. The van der Waals surface area contributed by atoms with E-state index in [2.05, 4.69) is 23.2 Å². The molecule has 0 radical (unpaired) electrons. The van der Waals surface area contributed by atoms with Crippen molar-refractivity contribution in [3.8, 4) is 12.1 Å². The molecule has 0 aliphatic carbocycles. The Labute approximate surface area is 86.9 Å². The van der Waals surface area contributed by atoms with E-state index >= 15 is 0 Å². The number of hydrazone groups is 1.